The Bertz CT molecular complexity index is 331. The molecule has 1 aliphatic heterocycles. The second-order valence-electron chi connectivity index (χ2n) is 6.27. The van der Waals surface area contributed by atoms with Crippen molar-refractivity contribution in [1.29, 1.82) is 0 Å². The van der Waals surface area contributed by atoms with E-state index in [1.165, 1.54) is 6.26 Å². The van der Waals surface area contributed by atoms with E-state index in [2.05, 4.69) is 38.3 Å². The second kappa shape index (κ2) is 4.27. The highest BCUT2D eigenvalue weighted by molar-refractivity contribution is 7.90. The summed E-state index contributed by atoms with van der Waals surface area (Å²) >= 11 is 0. The molecule has 0 aliphatic carbocycles. The van der Waals surface area contributed by atoms with Crippen LogP contribution in [0.15, 0.2) is 0 Å². The molecule has 0 saturated carbocycles. The smallest absolute Gasteiger partial charge is 0.160 e. The number of nitrogens with one attached hydrogen (secondary N) is 2. The third-order valence-electron chi connectivity index (χ3n) is 2.82. The van der Waals surface area contributed by atoms with E-state index in [4.69, 9.17) is 0 Å². The summed E-state index contributed by atoms with van der Waals surface area (Å²) in [4.78, 5) is 0. The average molecular weight is 248 g/mol. The van der Waals surface area contributed by atoms with E-state index in [0.29, 0.717) is 0 Å². The minimum atomic E-state index is -2.93. The minimum absolute atomic E-state index is 0.0525. The molecule has 4 nitrogen and oxygen atoms in total. The fourth-order valence-corrected chi connectivity index (χ4v) is 3.27. The third kappa shape index (κ3) is 4.80. The van der Waals surface area contributed by atoms with Gasteiger partial charge in [0.15, 0.2) is 9.84 Å². The van der Waals surface area contributed by atoms with E-state index in [-0.39, 0.29) is 23.0 Å². The highest BCUT2D eigenvalue weighted by atomic mass is 32.2. The molecule has 1 aliphatic rings. The molecule has 0 radical (unpaired) electrons. The van der Waals surface area contributed by atoms with Crippen LogP contribution in [0.4, 0.5) is 0 Å². The molecule has 96 valence electrons. The lowest BCUT2D eigenvalue weighted by atomic mass is 9.80. The highest BCUT2D eigenvalue weighted by Crippen LogP contribution is 2.28. The van der Waals surface area contributed by atoms with Crippen molar-refractivity contribution in [3.05, 3.63) is 0 Å². The number of hydrogen-bond donors (Lipinski definition) is 2. The second-order valence-corrected chi connectivity index (χ2v) is 8.41. The van der Waals surface area contributed by atoms with Crippen molar-refractivity contribution in [2.75, 3.05) is 12.1 Å². The SMILES string of the molecule is CC1(C)CC(NCS(C)(=O)=O)CC(C)(C)N1. The van der Waals surface area contributed by atoms with Gasteiger partial charge in [-0.1, -0.05) is 0 Å². The van der Waals surface area contributed by atoms with Gasteiger partial charge in [-0.25, -0.2) is 8.42 Å². The summed E-state index contributed by atoms with van der Waals surface area (Å²) in [6.07, 6.45) is 3.16. The Morgan fingerprint density at radius 2 is 1.62 bits per heavy atom. The molecule has 0 unspecified atom stereocenters. The quantitative estimate of drug-likeness (QED) is 0.779. The molecule has 0 amide bonds. The van der Waals surface area contributed by atoms with E-state index >= 15 is 0 Å². The molecular weight excluding hydrogens is 224 g/mol. The number of hydrogen-bond acceptors (Lipinski definition) is 4. The largest absolute Gasteiger partial charge is 0.307 e. The van der Waals surface area contributed by atoms with E-state index in [1.54, 1.807) is 0 Å². The van der Waals surface area contributed by atoms with Crippen molar-refractivity contribution in [3.63, 3.8) is 0 Å². The Labute approximate surface area is 99.1 Å². The van der Waals surface area contributed by atoms with Crippen molar-refractivity contribution in [3.8, 4) is 0 Å². The molecular formula is C11H24N2O2S. The van der Waals surface area contributed by atoms with Crippen LogP contribution in [0.25, 0.3) is 0 Å². The lowest BCUT2D eigenvalue weighted by Crippen LogP contribution is -2.61. The van der Waals surface area contributed by atoms with Gasteiger partial charge in [0.2, 0.25) is 0 Å². The maximum Gasteiger partial charge on any atom is 0.160 e. The van der Waals surface area contributed by atoms with Crippen molar-refractivity contribution >= 4 is 9.84 Å². The van der Waals surface area contributed by atoms with E-state index in [1.807, 2.05) is 0 Å². The molecule has 0 aromatic rings. The van der Waals surface area contributed by atoms with Gasteiger partial charge >= 0.3 is 0 Å². The molecule has 1 fully saturated rings. The Balaban J connectivity index is 2.61. The van der Waals surface area contributed by atoms with Gasteiger partial charge in [0.1, 0.15) is 0 Å². The molecule has 1 saturated heterocycles. The van der Waals surface area contributed by atoms with E-state index in [9.17, 15) is 8.42 Å². The Morgan fingerprint density at radius 1 is 1.19 bits per heavy atom. The van der Waals surface area contributed by atoms with Crippen LogP contribution in [-0.2, 0) is 9.84 Å². The number of piperidine rings is 1. The molecule has 2 N–H and O–H groups in total. The summed E-state index contributed by atoms with van der Waals surface area (Å²) in [5.74, 6) is 0.0732. The summed E-state index contributed by atoms with van der Waals surface area (Å²) in [7, 11) is -2.93. The lowest BCUT2D eigenvalue weighted by molar-refractivity contribution is 0.149. The van der Waals surface area contributed by atoms with E-state index in [0.717, 1.165) is 12.8 Å². The first-order valence-corrected chi connectivity index (χ1v) is 7.76. The van der Waals surface area contributed by atoms with Crippen LogP contribution < -0.4 is 10.6 Å². The topological polar surface area (TPSA) is 58.2 Å². The Morgan fingerprint density at radius 3 is 2.00 bits per heavy atom. The molecule has 5 heteroatoms. The fourth-order valence-electron chi connectivity index (χ4n) is 2.74. The van der Waals surface area contributed by atoms with Crippen molar-refractivity contribution in [1.82, 2.24) is 10.6 Å². The highest BCUT2D eigenvalue weighted by Gasteiger charge is 2.37. The molecule has 0 aromatic carbocycles. The standard InChI is InChI=1S/C11H24N2O2S/c1-10(2)6-9(7-11(3,4)13-10)12-8-16(5,14)15/h9,12-13H,6-8H2,1-5H3. The summed E-state index contributed by atoms with van der Waals surface area (Å²) in [6, 6.07) is 0.265. The summed E-state index contributed by atoms with van der Waals surface area (Å²) in [6.45, 7) is 8.62. The normalized spacial score (nSPS) is 25.6. The fraction of sp³-hybridized carbons (Fsp3) is 1.00. The monoisotopic (exact) mass is 248 g/mol. The zero-order valence-electron chi connectivity index (χ0n) is 10.9. The van der Waals surface area contributed by atoms with Gasteiger partial charge in [0.05, 0.1) is 5.88 Å². The predicted molar refractivity (Wildman–Crippen MR) is 67.2 cm³/mol. The van der Waals surface area contributed by atoms with Gasteiger partial charge in [0.25, 0.3) is 0 Å². The van der Waals surface area contributed by atoms with Crippen LogP contribution >= 0.6 is 0 Å². The van der Waals surface area contributed by atoms with Gasteiger partial charge in [-0.2, -0.15) is 0 Å². The van der Waals surface area contributed by atoms with Gasteiger partial charge in [-0.15, -0.1) is 0 Å². The van der Waals surface area contributed by atoms with Crippen molar-refractivity contribution < 1.29 is 8.42 Å². The molecule has 0 bridgehead atoms. The molecule has 1 rings (SSSR count). The summed E-state index contributed by atoms with van der Waals surface area (Å²) < 4.78 is 22.2. The zero-order chi connectivity index (χ0) is 12.6. The molecule has 16 heavy (non-hydrogen) atoms. The van der Waals surface area contributed by atoms with Gasteiger partial charge < -0.3 is 10.6 Å². The van der Waals surface area contributed by atoms with Crippen LogP contribution in [0, 0.1) is 0 Å². The van der Waals surface area contributed by atoms with Crippen LogP contribution in [0.2, 0.25) is 0 Å². The molecule has 0 spiro atoms. The minimum Gasteiger partial charge on any atom is -0.307 e. The molecule has 0 aromatic heterocycles. The van der Waals surface area contributed by atoms with Crippen molar-refractivity contribution in [2.24, 2.45) is 0 Å². The average Bonchev–Trinajstić information content (AvgIpc) is 1.93. The molecule has 1 heterocycles. The number of rotatable bonds is 3. The van der Waals surface area contributed by atoms with Gasteiger partial charge in [-0.3, -0.25) is 0 Å². The van der Waals surface area contributed by atoms with Gasteiger partial charge in [0, 0.05) is 23.4 Å². The van der Waals surface area contributed by atoms with Crippen LogP contribution in [-0.4, -0.2) is 37.7 Å². The van der Waals surface area contributed by atoms with Crippen molar-refractivity contribution in [2.45, 2.75) is 57.7 Å². The van der Waals surface area contributed by atoms with Crippen LogP contribution in [0.1, 0.15) is 40.5 Å². The maximum atomic E-state index is 11.1. The summed E-state index contributed by atoms with van der Waals surface area (Å²) in [5, 5.41) is 6.71. The van der Waals surface area contributed by atoms with E-state index < -0.39 is 9.84 Å². The van der Waals surface area contributed by atoms with Crippen LogP contribution in [0.3, 0.4) is 0 Å². The molecule has 0 atom stereocenters. The first-order chi connectivity index (χ1) is 6.99. The first-order valence-electron chi connectivity index (χ1n) is 5.70. The maximum absolute atomic E-state index is 11.1. The Kier molecular flexibility index (Phi) is 3.72. The van der Waals surface area contributed by atoms with Crippen LogP contribution in [0.5, 0.6) is 0 Å². The Hall–Kier alpha value is -0.130. The lowest BCUT2D eigenvalue weighted by Gasteiger charge is -2.46. The first kappa shape index (κ1) is 13.9. The zero-order valence-corrected chi connectivity index (χ0v) is 11.7. The summed E-state index contributed by atoms with van der Waals surface area (Å²) in [5.41, 5.74) is 0.105. The predicted octanol–water partition coefficient (Wildman–Crippen LogP) is 0.887. The number of sulfone groups is 1. The van der Waals surface area contributed by atoms with Gasteiger partial charge in [-0.05, 0) is 40.5 Å². The third-order valence-corrected chi connectivity index (χ3v) is 3.52.